The van der Waals surface area contributed by atoms with Crippen LogP contribution >= 0.6 is 0 Å². The maximum absolute atomic E-state index is 13.4. The van der Waals surface area contributed by atoms with E-state index < -0.39 is 40.6 Å². The fraction of sp³-hybridized carbons (Fsp3) is 0.125. The molecule has 0 amide bonds. The summed E-state index contributed by atoms with van der Waals surface area (Å²) in [6, 6.07) is 0. The summed E-state index contributed by atoms with van der Waals surface area (Å²) in [4.78, 5) is 20.0. The van der Waals surface area contributed by atoms with Crippen molar-refractivity contribution >= 4 is 23.1 Å². The summed E-state index contributed by atoms with van der Waals surface area (Å²) in [5.41, 5.74) is 3.17. The molecule has 0 radical (unpaired) electrons. The molecule has 3 N–H and O–H groups in total. The van der Waals surface area contributed by atoms with Crippen LogP contribution in [0.25, 0.3) is 17.1 Å². The number of H-pyrrole nitrogens is 1. The van der Waals surface area contributed by atoms with Gasteiger partial charge in [-0.05, 0) is 0 Å². The van der Waals surface area contributed by atoms with Crippen LogP contribution in [-0.4, -0.2) is 25.7 Å². The highest BCUT2D eigenvalue weighted by Crippen LogP contribution is 2.32. The van der Waals surface area contributed by atoms with Crippen molar-refractivity contribution in [2.24, 2.45) is 0 Å². The molecule has 6 nitrogen and oxygen atoms in total. The zero-order chi connectivity index (χ0) is 14.4. The molecule has 0 spiro atoms. The molecule has 2 heterocycles. The van der Waals surface area contributed by atoms with Crippen LogP contribution in [-0.2, 0) is 0 Å². The second-order valence-corrected chi connectivity index (χ2v) is 3.34. The van der Waals surface area contributed by atoms with E-state index in [-0.39, 0.29) is 4.57 Å². The number of allylic oxidation sites excluding steroid dienone is 1. The molecule has 19 heavy (non-hydrogen) atoms. The zero-order valence-corrected chi connectivity index (χ0v) is 8.79. The maximum atomic E-state index is 13.4. The van der Waals surface area contributed by atoms with Gasteiger partial charge >= 0.3 is 6.18 Å². The van der Waals surface area contributed by atoms with Crippen molar-refractivity contribution in [3.05, 3.63) is 22.5 Å². The Hall–Kier alpha value is -2.46. The lowest BCUT2D eigenvalue weighted by atomic mass is 10.5. The number of nitrogens with zero attached hydrogens (tertiary/aromatic N) is 3. The number of nitrogen functional groups attached to an aromatic ring is 1. The molecule has 0 unspecified atom stereocenters. The number of alkyl halides is 3. The fourth-order valence-electron chi connectivity index (χ4n) is 1.29. The van der Waals surface area contributed by atoms with E-state index in [4.69, 9.17) is 5.73 Å². The molecule has 0 bridgehead atoms. The SMILES string of the molecule is Nc1nc2c(ncn2/C(F)=C(\F)C(F)(F)F)c(=O)[nH]1. The second-order valence-electron chi connectivity index (χ2n) is 3.34. The molecule has 0 atom stereocenters. The maximum Gasteiger partial charge on any atom is 0.447 e. The third-order valence-electron chi connectivity index (χ3n) is 2.07. The first-order valence-corrected chi connectivity index (χ1v) is 4.57. The van der Waals surface area contributed by atoms with E-state index in [1.165, 1.54) is 0 Å². The lowest BCUT2D eigenvalue weighted by molar-refractivity contribution is -0.109. The van der Waals surface area contributed by atoms with Gasteiger partial charge in [0.15, 0.2) is 11.2 Å². The Balaban J connectivity index is 2.75. The Morgan fingerprint density at radius 3 is 2.58 bits per heavy atom. The molecule has 11 heteroatoms. The Kier molecular flexibility index (Phi) is 2.76. The molecule has 102 valence electrons. The van der Waals surface area contributed by atoms with Crippen LogP contribution in [0, 0.1) is 0 Å². The van der Waals surface area contributed by atoms with Gasteiger partial charge in [0.1, 0.15) is 6.33 Å². The molecule has 0 aliphatic rings. The highest BCUT2D eigenvalue weighted by atomic mass is 19.4. The van der Waals surface area contributed by atoms with E-state index in [9.17, 15) is 26.7 Å². The van der Waals surface area contributed by atoms with Gasteiger partial charge in [0.25, 0.3) is 11.4 Å². The topological polar surface area (TPSA) is 89.6 Å². The summed E-state index contributed by atoms with van der Waals surface area (Å²) < 4.78 is 62.3. The highest BCUT2D eigenvalue weighted by molar-refractivity contribution is 5.74. The number of anilines is 1. The van der Waals surface area contributed by atoms with E-state index in [1.807, 2.05) is 4.98 Å². The van der Waals surface area contributed by atoms with E-state index in [1.54, 1.807) is 0 Å². The van der Waals surface area contributed by atoms with Crippen LogP contribution in [0.1, 0.15) is 0 Å². The molecule has 0 saturated carbocycles. The number of nitrogens with two attached hydrogens (primary N) is 1. The summed E-state index contributed by atoms with van der Waals surface area (Å²) >= 11 is 0. The molecule has 0 saturated heterocycles. The predicted molar refractivity (Wildman–Crippen MR) is 54.0 cm³/mol. The molecule has 0 aliphatic carbocycles. The Morgan fingerprint density at radius 2 is 2.00 bits per heavy atom. The van der Waals surface area contributed by atoms with Crippen molar-refractivity contribution in [2.45, 2.75) is 6.18 Å². The van der Waals surface area contributed by atoms with Gasteiger partial charge in [-0.15, -0.1) is 0 Å². The average molecular weight is 281 g/mol. The monoisotopic (exact) mass is 281 g/mol. The van der Waals surface area contributed by atoms with Gasteiger partial charge in [-0.2, -0.15) is 26.9 Å². The van der Waals surface area contributed by atoms with E-state index >= 15 is 0 Å². The summed E-state index contributed by atoms with van der Waals surface area (Å²) in [7, 11) is 0. The molecular formula is C8H4F5N5O. The number of hydrogen-bond donors (Lipinski definition) is 2. The lowest BCUT2D eigenvalue weighted by Crippen LogP contribution is -2.13. The smallest absolute Gasteiger partial charge is 0.369 e. The Labute approximate surface area is 99.9 Å². The molecule has 2 aromatic heterocycles. The molecule has 2 aromatic rings. The number of rotatable bonds is 1. The number of halogens is 5. The standard InChI is InChI=1S/C8H4F5N5O/c9-3(8(11,12)13)4(10)18-1-15-2-5(18)16-7(14)17-6(2)19/h1H,(H3,14,16,17,19)/b4-3-. The third-order valence-corrected chi connectivity index (χ3v) is 2.07. The summed E-state index contributed by atoms with van der Waals surface area (Å²) in [6.45, 7) is 0. The number of fused-ring (bicyclic) bond motifs is 1. The molecule has 2 rings (SSSR count). The summed E-state index contributed by atoms with van der Waals surface area (Å²) in [6.07, 6.45) is -5.01. The van der Waals surface area contributed by atoms with Gasteiger partial charge in [0.05, 0.1) is 0 Å². The molecule has 0 fully saturated rings. The van der Waals surface area contributed by atoms with Gasteiger partial charge in [0, 0.05) is 0 Å². The van der Waals surface area contributed by atoms with Crippen LogP contribution < -0.4 is 11.3 Å². The van der Waals surface area contributed by atoms with Gasteiger partial charge in [-0.1, -0.05) is 0 Å². The molecule has 0 aromatic carbocycles. The van der Waals surface area contributed by atoms with Gasteiger partial charge in [0.2, 0.25) is 11.9 Å². The summed E-state index contributed by atoms with van der Waals surface area (Å²) in [5, 5.41) is 0. The van der Waals surface area contributed by atoms with Crippen molar-refractivity contribution in [1.29, 1.82) is 0 Å². The van der Waals surface area contributed by atoms with Crippen molar-refractivity contribution in [2.75, 3.05) is 5.73 Å². The van der Waals surface area contributed by atoms with Gasteiger partial charge in [-0.25, -0.2) is 4.98 Å². The highest BCUT2D eigenvalue weighted by Gasteiger charge is 2.39. The fourth-order valence-corrected chi connectivity index (χ4v) is 1.29. The molecular weight excluding hydrogens is 277 g/mol. The summed E-state index contributed by atoms with van der Waals surface area (Å²) in [5.74, 6) is -5.72. The Morgan fingerprint density at radius 1 is 1.37 bits per heavy atom. The van der Waals surface area contributed by atoms with Crippen molar-refractivity contribution in [3.63, 3.8) is 0 Å². The minimum absolute atomic E-state index is 0.0454. The van der Waals surface area contributed by atoms with Crippen LogP contribution in [0.5, 0.6) is 0 Å². The van der Waals surface area contributed by atoms with Crippen molar-refractivity contribution < 1.29 is 22.0 Å². The number of aromatic amines is 1. The lowest BCUT2D eigenvalue weighted by Gasteiger charge is -2.05. The third kappa shape index (κ3) is 2.13. The predicted octanol–water partition coefficient (Wildman–Crippen LogP) is 1.33. The average Bonchev–Trinajstić information content (AvgIpc) is 2.69. The van der Waals surface area contributed by atoms with Crippen molar-refractivity contribution in [3.8, 4) is 0 Å². The van der Waals surface area contributed by atoms with Gasteiger partial charge < -0.3 is 5.73 Å². The second kappa shape index (κ2) is 4.03. The van der Waals surface area contributed by atoms with Crippen LogP contribution in [0.2, 0.25) is 0 Å². The largest absolute Gasteiger partial charge is 0.447 e. The number of aromatic nitrogens is 4. The normalized spacial score (nSPS) is 13.7. The van der Waals surface area contributed by atoms with Crippen LogP contribution in [0.4, 0.5) is 27.9 Å². The van der Waals surface area contributed by atoms with Crippen LogP contribution in [0.15, 0.2) is 16.9 Å². The first-order chi connectivity index (χ1) is 8.71. The van der Waals surface area contributed by atoms with Gasteiger partial charge in [-0.3, -0.25) is 14.3 Å². The number of hydrogen-bond acceptors (Lipinski definition) is 4. The quantitative estimate of drug-likeness (QED) is 0.772. The van der Waals surface area contributed by atoms with Crippen LogP contribution in [0.3, 0.4) is 0 Å². The Bertz CT molecular complexity index is 727. The minimum Gasteiger partial charge on any atom is -0.369 e. The first-order valence-electron chi connectivity index (χ1n) is 4.57. The number of nitrogens with one attached hydrogen (secondary N) is 1. The van der Waals surface area contributed by atoms with E-state index in [0.717, 1.165) is 0 Å². The van der Waals surface area contributed by atoms with E-state index in [0.29, 0.717) is 6.33 Å². The van der Waals surface area contributed by atoms with Crippen molar-refractivity contribution in [1.82, 2.24) is 19.5 Å². The first kappa shape index (κ1) is 13.0. The zero-order valence-electron chi connectivity index (χ0n) is 8.79. The van der Waals surface area contributed by atoms with E-state index in [2.05, 4.69) is 9.97 Å². The minimum atomic E-state index is -5.51. The number of imidazole rings is 1. The molecule has 0 aliphatic heterocycles.